The SMILES string of the molecule is CCN(CC)C(=O)c1ccc[c]c1C(=O)N(CC)c1ccccc1. The Bertz CT molecular complexity index is 694. The molecule has 125 valence electrons. The lowest BCUT2D eigenvalue weighted by Crippen LogP contribution is -2.35. The van der Waals surface area contributed by atoms with Gasteiger partial charge in [0, 0.05) is 25.3 Å². The third kappa shape index (κ3) is 3.65. The van der Waals surface area contributed by atoms with Gasteiger partial charge in [-0.1, -0.05) is 30.3 Å². The molecule has 2 aromatic rings. The first-order valence-electron chi connectivity index (χ1n) is 8.30. The zero-order chi connectivity index (χ0) is 17.5. The molecule has 0 N–H and O–H groups in total. The Kier molecular flexibility index (Phi) is 6.13. The van der Waals surface area contributed by atoms with Crippen molar-refractivity contribution in [2.24, 2.45) is 0 Å². The number of hydrogen-bond acceptors (Lipinski definition) is 2. The van der Waals surface area contributed by atoms with E-state index in [1.165, 1.54) is 0 Å². The number of rotatable bonds is 6. The number of nitrogens with zero attached hydrogens (tertiary/aromatic N) is 2. The summed E-state index contributed by atoms with van der Waals surface area (Å²) in [7, 11) is 0. The standard InChI is InChI=1S/C20H23N2O2/c1-4-21(5-2)19(23)17-14-10-11-15-18(17)20(24)22(6-3)16-12-8-7-9-13-16/h7-14H,4-6H2,1-3H3. The van der Waals surface area contributed by atoms with Crippen LogP contribution < -0.4 is 4.90 Å². The molecule has 2 aromatic carbocycles. The van der Waals surface area contributed by atoms with Crippen LogP contribution in [0.1, 0.15) is 41.5 Å². The first-order valence-corrected chi connectivity index (χ1v) is 8.30. The van der Waals surface area contributed by atoms with Crippen molar-refractivity contribution in [3.8, 4) is 0 Å². The normalized spacial score (nSPS) is 10.3. The first kappa shape index (κ1) is 17.7. The summed E-state index contributed by atoms with van der Waals surface area (Å²) in [5, 5.41) is 0. The largest absolute Gasteiger partial charge is 0.339 e. The topological polar surface area (TPSA) is 40.6 Å². The van der Waals surface area contributed by atoms with Gasteiger partial charge in [-0.15, -0.1) is 0 Å². The van der Waals surface area contributed by atoms with Crippen LogP contribution in [0, 0.1) is 6.07 Å². The zero-order valence-electron chi connectivity index (χ0n) is 14.5. The Hall–Kier alpha value is -2.62. The number of para-hydroxylation sites is 1. The van der Waals surface area contributed by atoms with Gasteiger partial charge in [0.05, 0.1) is 11.1 Å². The van der Waals surface area contributed by atoms with E-state index >= 15 is 0 Å². The van der Waals surface area contributed by atoms with Gasteiger partial charge in [-0.3, -0.25) is 9.59 Å². The van der Waals surface area contributed by atoms with E-state index in [-0.39, 0.29) is 11.8 Å². The van der Waals surface area contributed by atoms with E-state index in [0.717, 1.165) is 5.69 Å². The number of hydrogen-bond donors (Lipinski definition) is 0. The van der Waals surface area contributed by atoms with Gasteiger partial charge >= 0.3 is 0 Å². The minimum Gasteiger partial charge on any atom is -0.339 e. The highest BCUT2D eigenvalue weighted by atomic mass is 16.2. The molecule has 0 aliphatic rings. The molecule has 4 heteroatoms. The molecule has 0 spiro atoms. The Balaban J connectivity index is 2.41. The van der Waals surface area contributed by atoms with Crippen LogP contribution in [0.2, 0.25) is 0 Å². The molecular formula is C20H23N2O2. The van der Waals surface area contributed by atoms with E-state index in [0.29, 0.717) is 30.8 Å². The van der Waals surface area contributed by atoms with E-state index < -0.39 is 0 Å². The molecule has 0 fully saturated rings. The van der Waals surface area contributed by atoms with E-state index in [1.807, 2.05) is 51.1 Å². The second kappa shape index (κ2) is 8.29. The van der Waals surface area contributed by atoms with Crippen LogP contribution in [-0.2, 0) is 0 Å². The summed E-state index contributed by atoms with van der Waals surface area (Å²) in [5.41, 5.74) is 1.53. The second-order valence-electron chi connectivity index (χ2n) is 5.32. The van der Waals surface area contributed by atoms with Crippen LogP contribution in [0.25, 0.3) is 0 Å². The Morgan fingerprint density at radius 3 is 2.12 bits per heavy atom. The molecule has 0 aliphatic heterocycles. The first-order chi connectivity index (χ1) is 11.6. The van der Waals surface area contributed by atoms with Crippen molar-refractivity contribution in [3.63, 3.8) is 0 Å². The number of amides is 2. The molecule has 0 saturated heterocycles. The lowest BCUT2D eigenvalue weighted by atomic mass is 10.0. The molecule has 1 radical (unpaired) electrons. The highest BCUT2D eigenvalue weighted by Gasteiger charge is 2.24. The summed E-state index contributed by atoms with van der Waals surface area (Å²) < 4.78 is 0. The second-order valence-corrected chi connectivity index (χ2v) is 5.32. The molecular weight excluding hydrogens is 300 g/mol. The summed E-state index contributed by atoms with van der Waals surface area (Å²) in [6, 6.07) is 17.5. The fraction of sp³-hybridized carbons (Fsp3) is 0.300. The summed E-state index contributed by atoms with van der Waals surface area (Å²) in [6.45, 7) is 7.50. The molecule has 0 atom stereocenters. The van der Waals surface area contributed by atoms with Crippen LogP contribution in [-0.4, -0.2) is 36.3 Å². The van der Waals surface area contributed by atoms with Gasteiger partial charge in [0.25, 0.3) is 11.8 Å². The predicted molar refractivity (Wildman–Crippen MR) is 96.3 cm³/mol. The average molecular weight is 323 g/mol. The zero-order valence-corrected chi connectivity index (χ0v) is 14.5. The summed E-state index contributed by atoms with van der Waals surface area (Å²) >= 11 is 0. The molecule has 0 aliphatic carbocycles. The molecule has 0 aromatic heterocycles. The van der Waals surface area contributed by atoms with Gasteiger partial charge in [-0.05, 0) is 45.0 Å². The number of anilines is 1. The van der Waals surface area contributed by atoms with E-state index in [2.05, 4.69) is 6.07 Å². The van der Waals surface area contributed by atoms with Gasteiger partial charge in [-0.25, -0.2) is 0 Å². The molecule has 0 heterocycles. The number of benzene rings is 2. The van der Waals surface area contributed by atoms with Gasteiger partial charge in [0.2, 0.25) is 0 Å². The van der Waals surface area contributed by atoms with Gasteiger partial charge in [0.15, 0.2) is 0 Å². The van der Waals surface area contributed by atoms with Crippen LogP contribution in [0.5, 0.6) is 0 Å². The third-order valence-electron chi connectivity index (χ3n) is 3.98. The molecule has 2 rings (SSSR count). The summed E-state index contributed by atoms with van der Waals surface area (Å²) in [5.74, 6) is -0.343. The Labute approximate surface area is 143 Å². The van der Waals surface area contributed by atoms with E-state index in [1.54, 1.807) is 28.0 Å². The molecule has 2 amide bonds. The minimum absolute atomic E-state index is 0.135. The van der Waals surface area contributed by atoms with Crippen LogP contribution in [0.3, 0.4) is 0 Å². The molecule has 0 saturated carbocycles. The quantitative estimate of drug-likeness (QED) is 0.814. The minimum atomic E-state index is -0.209. The van der Waals surface area contributed by atoms with Crippen LogP contribution in [0.15, 0.2) is 48.5 Å². The van der Waals surface area contributed by atoms with E-state index in [4.69, 9.17) is 0 Å². The van der Waals surface area contributed by atoms with Gasteiger partial charge < -0.3 is 9.80 Å². The molecule has 4 nitrogen and oxygen atoms in total. The lowest BCUT2D eigenvalue weighted by molar-refractivity contribution is 0.0767. The van der Waals surface area contributed by atoms with E-state index in [9.17, 15) is 9.59 Å². The van der Waals surface area contributed by atoms with Gasteiger partial charge in [-0.2, -0.15) is 0 Å². The average Bonchev–Trinajstić information content (AvgIpc) is 2.64. The molecule has 0 unspecified atom stereocenters. The highest BCUT2D eigenvalue weighted by molar-refractivity contribution is 6.13. The molecule has 0 bridgehead atoms. The van der Waals surface area contributed by atoms with Crippen molar-refractivity contribution in [1.29, 1.82) is 0 Å². The van der Waals surface area contributed by atoms with Crippen molar-refractivity contribution in [2.75, 3.05) is 24.5 Å². The number of carbonyl (C=O) groups excluding carboxylic acids is 2. The maximum atomic E-state index is 13.0. The van der Waals surface area contributed by atoms with Crippen LogP contribution >= 0.6 is 0 Å². The fourth-order valence-corrected chi connectivity index (χ4v) is 2.66. The smallest absolute Gasteiger partial charge is 0.259 e. The maximum Gasteiger partial charge on any atom is 0.259 e. The van der Waals surface area contributed by atoms with Crippen molar-refractivity contribution in [2.45, 2.75) is 20.8 Å². The van der Waals surface area contributed by atoms with Crippen molar-refractivity contribution >= 4 is 17.5 Å². The Morgan fingerprint density at radius 1 is 0.875 bits per heavy atom. The van der Waals surface area contributed by atoms with Crippen molar-refractivity contribution in [1.82, 2.24) is 4.90 Å². The summed E-state index contributed by atoms with van der Waals surface area (Å²) in [4.78, 5) is 29.1. The molecule has 24 heavy (non-hydrogen) atoms. The fourth-order valence-electron chi connectivity index (χ4n) is 2.66. The maximum absolute atomic E-state index is 13.0. The Morgan fingerprint density at radius 2 is 1.54 bits per heavy atom. The number of carbonyl (C=O) groups is 2. The predicted octanol–water partition coefficient (Wildman–Crippen LogP) is 3.64. The van der Waals surface area contributed by atoms with Crippen molar-refractivity contribution in [3.05, 3.63) is 65.7 Å². The monoisotopic (exact) mass is 323 g/mol. The highest BCUT2D eigenvalue weighted by Crippen LogP contribution is 2.19. The third-order valence-corrected chi connectivity index (χ3v) is 3.98. The van der Waals surface area contributed by atoms with Crippen molar-refractivity contribution < 1.29 is 9.59 Å². The van der Waals surface area contributed by atoms with Crippen LogP contribution in [0.4, 0.5) is 5.69 Å². The summed E-state index contributed by atoms with van der Waals surface area (Å²) in [6.07, 6.45) is 0. The lowest BCUT2D eigenvalue weighted by Gasteiger charge is -2.24. The van der Waals surface area contributed by atoms with Gasteiger partial charge in [0.1, 0.15) is 0 Å².